The topological polar surface area (TPSA) is 47.6 Å². The summed E-state index contributed by atoms with van der Waals surface area (Å²) in [6.45, 7) is 10.2. The van der Waals surface area contributed by atoms with E-state index in [1.54, 1.807) is 13.2 Å². The van der Waals surface area contributed by atoms with Gasteiger partial charge in [0.1, 0.15) is 11.5 Å². The molecule has 140 valence electrons. The van der Waals surface area contributed by atoms with Gasteiger partial charge < -0.3 is 14.8 Å². The molecule has 0 saturated carbocycles. The second-order valence-corrected chi connectivity index (χ2v) is 6.72. The number of carbonyl (C=O) groups is 1. The van der Waals surface area contributed by atoms with Gasteiger partial charge in [-0.05, 0) is 68.5 Å². The molecular weight excluding hydrogens is 326 g/mol. The first kappa shape index (κ1) is 19.8. The van der Waals surface area contributed by atoms with Crippen molar-refractivity contribution in [3.05, 3.63) is 58.7 Å². The monoisotopic (exact) mass is 355 g/mol. The smallest absolute Gasteiger partial charge is 0.261 e. The van der Waals surface area contributed by atoms with Crippen molar-refractivity contribution in [2.75, 3.05) is 7.11 Å². The molecule has 0 radical (unpaired) electrons. The number of hydrogen-bond donors (Lipinski definition) is 1. The Bertz CT molecular complexity index is 770. The third kappa shape index (κ3) is 4.78. The SMILES string of the molecule is CC[C@H](Oc1cccc(OC)c1)C(=O)N[C@@H](C)c1cc(C)c(C)cc1C. The fourth-order valence-electron chi connectivity index (χ4n) is 2.99. The molecule has 0 aliphatic heterocycles. The van der Waals surface area contributed by atoms with Gasteiger partial charge in [-0.2, -0.15) is 0 Å². The molecule has 0 heterocycles. The number of carbonyl (C=O) groups excluding carboxylic acids is 1. The van der Waals surface area contributed by atoms with Crippen LogP contribution < -0.4 is 14.8 Å². The van der Waals surface area contributed by atoms with Gasteiger partial charge in [0.15, 0.2) is 6.10 Å². The van der Waals surface area contributed by atoms with Gasteiger partial charge in [0.2, 0.25) is 0 Å². The molecule has 0 saturated heterocycles. The van der Waals surface area contributed by atoms with Gasteiger partial charge in [-0.15, -0.1) is 0 Å². The minimum atomic E-state index is -0.545. The number of methoxy groups -OCH3 is 1. The van der Waals surface area contributed by atoms with Gasteiger partial charge in [-0.25, -0.2) is 0 Å². The Hall–Kier alpha value is -2.49. The van der Waals surface area contributed by atoms with Crippen molar-refractivity contribution in [1.82, 2.24) is 5.32 Å². The van der Waals surface area contributed by atoms with Gasteiger partial charge in [-0.1, -0.05) is 25.1 Å². The Morgan fingerprint density at radius 3 is 2.35 bits per heavy atom. The van der Waals surface area contributed by atoms with Crippen LogP contribution in [0.25, 0.3) is 0 Å². The number of ether oxygens (including phenoxy) is 2. The molecule has 2 rings (SSSR count). The van der Waals surface area contributed by atoms with E-state index in [0.717, 1.165) is 5.56 Å². The van der Waals surface area contributed by atoms with Crippen molar-refractivity contribution < 1.29 is 14.3 Å². The summed E-state index contributed by atoms with van der Waals surface area (Å²) in [5.74, 6) is 1.22. The molecule has 0 fully saturated rings. The zero-order chi connectivity index (χ0) is 19.3. The molecule has 0 aliphatic rings. The van der Waals surface area contributed by atoms with Crippen LogP contribution >= 0.6 is 0 Å². The number of benzene rings is 2. The Balaban J connectivity index is 2.09. The van der Waals surface area contributed by atoms with E-state index in [-0.39, 0.29) is 11.9 Å². The van der Waals surface area contributed by atoms with E-state index >= 15 is 0 Å². The lowest BCUT2D eigenvalue weighted by Crippen LogP contribution is -2.39. The molecule has 0 aliphatic carbocycles. The molecule has 0 aromatic heterocycles. The van der Waals surface area contributed by atoms with Crippen LogP contribution in [0, 0.1) is 20.8 Å². The maximum atomic E-state index is 12.7. The zero-order valence-corrected chi connectivity index (χ0v) is 16.6. The Kier molecular flexibility index (Phi) is 6.67. The first-order valence-corrected chi connectivity index (χ1v) is 9.04. The molecule has 0 unspecified atom stereocenters. The highest BCUT2D eigenvalue weighted by atomic mass is 16.5. The normalized spacial score (nSPS) is 13.0. The maximum Gasteiger partial charge on any atom is 0.261 e. The van der Waals surface area contributed by atoms with Crippen molar-refractivity contribution in [1.29, 1.82) is 0 Å². The van der Waals surface area contributed by atoms with E-state index < -0.39 is 6.10 Å². The fraction of sp³-hybridized carbons (Fsp3) is 0.409. The Labute approximate surface area is 156 Å². The van der Waals surface area contributed by atoms with Crippen molar-refractivity contribution in [3.63, 3.8) is 0 Å². The molecule has 26 heavy (non-hydrogen) atoms. The molecule has 2 aromatic rings. The molecule has 4 nitrogen and oxygen atoms in total. The number of aryl methyl sites for hydroxylation is 3. The quantitative estimate of drug-likeness (QED) is 0.786. The number of nitrogens with one attached hydrogen (secondary N) is 1. The predicted molar refractivity (Wildman–Crippen MR) is 105 cm³/mol. The average molecular weight is 355 g/mol. The van der Waals surface area contributed by atoms with E-state index in [0.29, 0.717) is 17.9 Å². The van der Waals surface area contributed by atoms with Gasteiger partial charge in [0, 0.05) is 6.07 Å². The van der Waals surface area contributed by atoms with Crippen LogP contribution in [0.2, 0.25) is 0 Å². The maximum absolute atomic E-state index is 12.7. The van der Waals surface area contributed by atoms with E-state index in [9.17, 15) is 4.79 Å². The van der Waals surface area contributed by atoms with Crippen LogP contribution in [0.1, 0.15) is 48.6 Å². The van der Waals surface area contributed by atoms with Crippen molar-refractivity contribution >= 4 is 5.91 Å². The van der Waals surface area contributed by atoms with Gasteiger partial charge >= 0.3 is 0 Å². The summed E-state index contributed by atoms with van der Waals surface area (Å²) in [6, 6.07) is 11.5. The first-order chi connectivity index (χ1) is 12.3. The van der Waals surface area contributed by atoms with E-state index in [1.165, 1.54) is 16.7 Å². The average Bonchev–Trinajstić information content (AvgIpc) is 2.62. The minimum absolute atomic E-state index is 0.0789. The molecule has 0 bridgehead atoms. The summed E-state index contributed by atoms with van der Waals surface area (Å²) in [5.41, 5.74) is 4.81. The van der Waals surface area contributed by atoms with Crippen molar-refractivity contribution in [2.24, 2.45) is 0 Å². The Morgan fingerprint density at radius 1 is 1.04 bits per heavy atom. The summed E-state index contributed by atoms with van der Waals surface area (Å²) in [7, 11) is 1.61. The molecular formula is C22H29NO3. The lowest BCUT2D eigenvalue weighted by atomic mass is 9.96. The van der Waals surface area contributed by atoms with Gasteiger partial charge in [0.05, 0.1) is 13.2 Å². The summed E-state index contributed by atoms with van der Waals surface area (Å²) in [4.78, 5) is 12.7. The lowest BCUT2D eigenvalue weighted by Gasteiger charge is -2.22. The minimum Gasteiger partial charge on any atom is -0.497 e. The molecule has 1 amide bonds. The van der Waals surface area contributed by atoms with E-state index in [2.05, 4.69) is 38.2 Å². The van der Waals surface area contributed by atoms with Crippen molar-refractivity contribution in [2.45, 2.75) is 53.2 Å². The summed E-state index contributed by atoms with van der Waals surface area (Å²) >= 11 is 0. The summed E-state index contributed by atoms with van der Waals surface area (Å²) < 4.78 is 11.1. The van der Waals surface area contributed by atoms with E-state index in [4.69, 9.17) is 9.47 Å². The highest BCUT2D eigenvalue weighted by Gasteiger charge is 2.21. The third-order valence-electron chi connectivity index (χ3n) is 4.69. The lowest BCUT2D eigenvalue weighted by molar-refractivity contribution is -0.128. The van der Waals surface area contributed by atoms with Crippen LogP contribution in [0.5, 0.6) is 11.5 Å². The van der Waals surface area contributed by atoms with E-state index in [1.807, 2.05) is 32.0 Å². The first-order valence-electron chi connectivity index (χ1n) is 9.04. The van der Waals surface area contributed by atoms with Crippen LogP contribution in [0.3, 0.4) is 0 Å². The number of amides is 1. The second kappa shape index (κ2) is 8.75. The third-order valence-corrected chi connectivity index (χ3v) is 4.69. The largest absolute Gasteiger partial charge is 0.497 e. The van der Waals surface area contributed by atoms with Gasteiger partial charge in [-0.3, -0.25) is 4.79 Å². The number of hydrogen-bond acceptors (Lipinski definition) is 3. The molecule has 1 N–H and O–H groups in total. The Morgan fingerprint density at radius 2 is 1.69 bits per heavy atom. The predicted octanol–water partition coefficient (Wildman–Crippen LogP) is 4.66. The fourth-order valence-corrected chi connectivity index (χ4v) is 2.99. The van der Waals surface area contributed by atoms with Crippen LogP contribution in [-0.2, 0) is 4.79 Å². The summed E-state index contributed by atoms with van der Waals surface area (Å²) in [6.07, 6.45) is 0.0400. The highest BCUT2D eigenvalue weighted by molar-refractivity contribution is 5.81. The molecule has 0 spiro atoms. The zero-order valence-electron chi connectivity index (χ0n) is 16.6. The summed E-state index contributed by atoms with van der Waals surface area (Å²) in [5, 5.41) is 3.09. The van der Waals surface area contributed by atoms with Crippen LogP contribution in [0.4, 0.5) is 0 Å². The van der Waals surface area contributed by atoms with Gasteiger partial charge in [0.25, 0.3) is 5.91 Å². The molecule has 4 heteroatoms. The standard InChI is InChI=1S/C22H29NO3/c1-7-21(26-19-10-8-9-18(13-19)25-6)22(24)23-17(5)20-12-15(3)14(2)11-16(20)4/h8-13,17,21H,7H2,1-6H3,(H,23,24)/t17-,21-/m0/s1. The highest BCUT2D eigenvalue weighted by Crippen LogP contribution is 2.23. The van der Waals surface area contributed by atoms with Crippen molar-refractivity contribution in [3.8, 4) is 11.5 Å². The van der Waals surface area contributed by atoms with Crippen LogP contribution in [-0.4, -0.2) is 19.1 Å². The second-order valence-electron chi connectivity index (χ2n) is 6.72. The molecule has 2 aromatic carbocycles. The van der Waals surface area contributed by atoms with Crippen LogP contribution in [0.15, 0.2) is 36.4 Å². The molecule has 2 atom stereocenters. The number of rotatable bonds is 7.